The van der Waals surface area contributed by atoms with Gasteiger partial charge >= 0.3 is 0 Å². The van der Waals surface area contributed by atoms with Gasteiger partial charge in [0, 0.05) is 63.0 Å². The molecule has 0 spiro atoms. The van der Waals surface area contributed by atoms with E-state index in [4.69, 9.17) is 21.7 Å². The number of benzene rings is 1. The number of piperidine rings is 1. The molecule has 2 aliphatic rings. The number of aromatic nitrogens is 4. The van der Waals surface area contributed by atoms with Crippen molar-refractivity contribution in [3.63, 3.8) is 0 Å². The summed E-state index contributed by atoms with van der Waals surface area (Å²) in [6.07, 6.45) is 10.8. The monoisotopic (exact) mass is 535 g/mol. The first kappa shape index (κ1) is 26.5. The average Bonchev–Trinajstić information content (AvgIpc) is 2.96. The normalized spacial score (nSPS) is 16.6. The first-order valence-electron chi connectivity index (χ1n) is 13.6. The number of piperazine rings is 1. The fraction of sp³-hybridized carbons (Fsp3) is 0.536. The maximum absolute atomic E-state index is 6.16. The first-order valence-corrected chi connectivity index (χ1v) is 14.0. The summed E-state index contributed by atoms with van der Waals surface area (Å²) < 4.78 is 11.9. The summed E-state index contributed by atoms with van der Waals surface area (Å²) in [5.74, 6) is 2.37. The second-order valence-corrected chi connectivity index (χ2v) is 10.5. The van der Waals surface area contributed by atoms with Crippen molar-refractivity contribution < 1.29 is 9.47 Å². The summed E-state index contributed by atoms with van der Waals surface area (Å²) in [6.45, 7) is 9.24. The van der Waals surface area contributed by atoms with E-state index in [1.807, 2.05) is 31.5 Å². The molecule has 4 heterocycles. The van der Waals surface area contributed by atoms with E-state index < -0.39 is 0 Å². The smallest absolute Gasteiger partial charge is 0.163 e. The molecule has 2 aliphatic heterocycles. The van der Waals surface area contributed by atoms with E-state index in [0.29, 0.717) is 12.4 Å². The van der Waals surface area contributed by atoms with Crippen LogP contribution in [0, 0.1) is 6.92 Å². The lowest BCUT2D eigenvalue weighted by molar-refractivity contribution is 0.181. The van der Waals surface area contributed by atoms with Crippen molar-refractivity contribution in [3.05, 3.63) is 42.2 Å². The molecule has 0 aliphatic carbocycles. The molecule has 202 valence electrons. The van der Waals surface area contributed by atoms with E-state index >= 15 is 0 Å². The van der Waals surface area contributed by atoms with Crippen LogP contribution in [-0.4, -0.2) is 94.3 Å². The SMILES string of the molecule is COc1cc2c(N3CCN(C(=S)CCc4cnc(C)cn4)CC3)ncnc2cc1OCCN1CCCCC1. The number of anilines is 1. The summed E-state index contributed by atoms with van der Waals surface area (Å²) in [5, 5.41) is 0.974. The largest absolute Gasteiger partial charge is 0.493 e. The number of fused-ring (bicyclic) bond motifs is 1. The van der Waals surface area contributed by atoms with E-state index in [2.05, 4.69) is 34.6 Å². The lowest BCUT2D eigenvalue weighted by Crippen LogP contribution is -2.48. The van der Waals surface area contributed by atoms with Gasteiger partial charge in [-0.05, 0) is 45.3 Å². The number of rotatable bonds is 9. The summed E-state index contributed by atoms with van der Waals surface area (Å²) in [5.41, 5.74) is 2.77. The van der Waals surface area contributed by atoms with E-state index in [1.54, 1.807) is 13.4 Å². The zero-order valence-electron chi connectivity index (χ0n) is 22.4. The topological polar surface area (TPSA) is 79.7 Å². The third-order valence-corrected chi connectivity index (χ3v) is 7.84. The van der Waals surface area contributed by atoms with E-state index in [0.717, 1.165) is 97.5 Å². The Morgan fingerprint density at radius 1 is 0.921 bits per heavy atom. The van der Waals surface area contributed by atoms with Crippen molar-refractivity contribution in [2.24, 2.45) is 0 Å². The fourth-order valence-electron chi connectivity index (χ4n) is 5.15. The minimum absolute atomic E-state index is 0.637. The van der Waals surface area contributed by atoms with Crippen molar-refractivity contribution in [1.29, 1.82) is 0 Å². The second kappa shape index (κ2) is 12.6. The second-order valence-electron chi connectivity index (χ2n) is 9.99. The van der Waals surface area contributed by atoms with Crippen LogP contribution in [0.15, 0.2) is 30.9 Å². The lowest BCUT2D eigenvalue weighted by Gasteiger charge is -2.37. The molecule has 0 atom stereocenters. The van der Waals surface area contributed by atoms with Crippen molar-refractivity contribution in [2.45, 2.75) is 39.0 Å². The van der Waals surface area contributed by atoms with Crippen LogP contribution in [-0.2, 0) is 6.42 Å². The summed E-state index contributed by atoms with van der Waals surface area (Å²) in [7, 11) is 1.68. The number of ether oxygens (including phenoxy) is 2. The Hall–Kier alpha value is -3.11. The zero-order valence-corrected chi connectivity index (χ0v) is 23.3. The molecule has 38 heavy (non-hydrogen) atoms. The molecule has 0 bridgehead atoms. The highest BCUT2D eigenvalue weighted by molar-refractivity contribution is 7.80. The Kier molecular flexibility index (Phi) is 8.80. The van der Waals surface area contributed by atoms with Crippen LogP contribution in [0.25, 0.3) is 10.9 Å². The summed E-state index contributed by atoms with van der Waals surface area (Å²) >= 11 is 5.75. The minimum atomic E-state index is 0.637. The molecule has 9 nitrogen and oxygen atoms in total. The van der Waals surface area contributed by atoms with Crippen LogP contribution >= 0.6 is 12.2 Å². The quantitative estimate of drug-likeness (QED) is 0.379. The average molecular weight is 536 g/mol. The molecule has 5 rings (SSSR count). The van der Waals surface area contributed by atoms with Gasteiger partial charge in [0.2, 0.25) is 0 Å². The maximum atomic E-state index is 6.16. The van der Waals surface area contributed by atoms with Crippen molar-refractivity contribution in [2.75, 3.05) is 64.4 Å². The fourth-order valence-corrected chi connectivity index (χ4v) is 5.44. The number of likely N-dealkylation sites (tertiary alicyclic amines) is 1. The molecule has 2 fully saturated rings. The number of nitrogens with zero attached hydrogens (tertiary/aromatic N) is 7. The van der Waals surface area contributed by atoms with E-state index in [1.165, 1.54) is 19.3 Å². The van der Waals surface area contributed by atoms with E-state index in [-0.39, 0.29) is 0 Å². The number of hydrogen-bond acceptors (Lipinski definition) is 9. The Labute approximate surface area is 230 Å². The molecule has 0 radical (unpaired) electrons. The van der Waals surface area contributed by atoms with Crippen molar-refractivity contribution >= 4 is 33.9 Å². The Morgan fingerprint density at radius 2 is 1.74 bits per heavy atom. The van der Waals surface area contributed by atoms with Gasteiger partial charge < -0.3 is 19.3 Å². The highest BCUT2D eigenvalue weighted by Crippen LogP contribution is 2.35. The Morgan fingerprint density at radius 3 is 2.47 bits per heavy atom. The number of methoxy groups -OCH3 is 1. The molecular formula is C28H37N7O2S. The van der Waals surface area contributed by atoms with Gasteiger partial charge in [-0.2, -0.15) is 0 Å². The van der Waals surface area contributed by atoms with Crippen LogP contribution in [0.2, 0.25) is 0 Å². The Balaban J connectivity index is 1.20. The molecule has 0 saturated carbocycles. The van der Waals surface area contributed by atoms with Crippen LogP contribution in [0.5, 0.6) is 11.5 Å². The number of hydrogen-bond donors (Lipinski definition) is 0. The van der Waals surface area contributed by atoms with Gasteiger partial charge in [0.25, 0.3) is 0 Å². The summed E-state index contributed by atoms with van der Waals surface area (Å²) in [6, 6.07) is 4.00. The molecule has 0 N–H and O–H groups in total. The van der Waals surface area contributed by atoms with E-state index in [9.17, 15) is 0 Å². The number of thiocarbonyl (C=S) groups is 1. The van der Waals surface area contributed by atoms with Crippen LogP contribution in [0.1, 0.15) is 37.1 Å². The molecule has 0 amide bonds. The third-order valence-electron chi connectivity index (χ3n) is 7.37. The van der Waals surface area contributed by atoms with Crippen LogP contribution < -0.4 is 14.4 Å². The summed E-state index contributed by atoms with van der Waals surface area (Å²) in [4.78, 5) is 26.0. The van der Waals surface area contributed by atoms with Gasteiger partial charge in [-0.25, -0.2) is 9.97 Å². The molecule has 2 aromatic heterocycles. The highest BCUT2D eigenvalue weighted by atomic mass is 32.1. The van der Waals surface area contributed by atoms with Gasteiger partial charge in [0.15, 0.2) is 11.5 Å². The molecule has 10 heteroatoms. The molecule has 3 aromatic rings. The maximum Gasteiger partial charge on any atom is 0.163 e. The van der Waals surface area contributed by atoms with Crippen molar-refractivity contribution in [3.8, 4) is 11.5 Å². The van der Waals surface area contributed by atoms with Crippen LogP contribution in [0.3, 0.4) is 0 Å². The van der Waals surface area contributed by atoms with Gasteiger partial charge in [0.05, 0.1) is 29.0 Å². The number of aryl methyl sites for hydroxylation is 2. The van der Waals surface area contributed by atoms with Crippen molar-refractivity contribution in [1.82, 2.24) is 29.7 Å². The predicted octanol–water partition coefficient (Wildman–Crippen LogP) is 3.68. The standard InChI is InChI=1S/C28H37N7O2S/c1-21-18-30-22(19-29-21)6-7-27(38)34-10-12-35(13-11-34)28-23-16-25(36-2)26(17-24(23)31-20-32-28)37-15-14-33-8-4-3-5-9-33/h16-20H,3-15H2,1-2H3. The van der Waals surface area contributed by atoms with Gasteiger partial charge in [-0.15, -0.1) is 0 Å². The molecule has 0 unspecified atom stereocenters. The lowest BCUT2D eigenvalue weighted by atomic mass is 10.1. The van der Waals surface area contributed by atoms with Crippen LogP contribution in [0.4, 0.5) is 5.82 Å². The highest BCUT2D eigenvalue weighted by Gasteiger charge is 2.22. The minimum Gasteiger partial charge on any atom is -0.493 e. The van der Waals surface area contributed by atoms with Gasteiger partial charge in [-0.1, -0.05) is 18.6 Å². The molecular weight excluding hydrogens is 498 g/mol. The molecule has 2 saturated heterocycles. The predicted molar refractivity (Wildman–Crippen MR) is 153 cm³/mol. The van der Waals surface area contributed by atoms with Gasteiger partial charge in [-0.3, -0.25) is 14.9 Å². The zero-order chi connectivity index (χ0) is 26.3. The Bertz CT molecular complexity index is 1230. The third kappa shape index (κ3) is 6.47. The molecule has 1 aromatic carbocycles. The van der Waals surface area contributed by atoms with Gasteiger partial charge in [0.1, 0.15) is 18.8 Å². The first-order chi connectivity index (χ1) is 18.6.